The Morgan fingerprint density at radius 3 is 2.24 bits per heavy atom. The van der Waals surface area contributed by atoms with Crippen LogP contribution >= 0.6 is 11.8 Å². The largest absolute Gasteiger partial charge is 0.398 e. The Bertz CT molecular complexity index is 624. The summed E-state index contributed by atoms with van der Waals surface area (Å²) in [5.74, 6) is 0.957. The molecule has 0 unspecified atom stereocenters. The number of nitrogen functional groups attached to an aromatic ring is 1. The summed E-state index contributed by atoms with van der Waals surface area (Å²) < 4.78 is 0. The van der Waals surface area contributed by atoms with Gasteiger partial charge in [0.2, 0.25) is 0 Å². The molecule has 0 atom stereocenters. The highest BCUT2D eigenvalue weighted by Crippen LogP contribution is 2.38. The van der Waals surface area contributed by atoms with Gasteiger partial charge in [0, 0.05) is 16.3 Å². The summed E-state index contributed by atoms with van der Waals surface area (Å²) in [6.07, 6.45) is 0. The molecule has 0 fully saturated rings. The normalized spacial score (nSPS) is 11.7. The van der Waals surface area contributed by atoms with Crippen LogP contribution in [0.2, 0.25) is 0 Å². The summed E-state index contributed by atoms with van der Waals surface area (Å²) in [6.45, 7) is 11.1. The van der Waals surface area contributed by atoms with Crippen molar-refractivity contribution in [3.05, 3.63) is 58.7 Å². The fourth-order valence-corrected chi connectivity index (χ4v) is 4.05. The molecule has 2 heteroatoms. The molecule has 2 aromatic rings. The Hall–Kier alpha value is -1.41. The van der Waals surface area contributed by atoms with Crippen LogP contribution in [0.4, 0.5) is 5.69 Å². The molecule has 0 aromatic heterocycles. The molecule has 0 aliphatic rings. The first-order valence-electron chi connectivity index (χ1n) is 7.37. The molecule has 0 saturated heterocycles. The Kier molecular flexibility index (Phi) is 4.67. The fraction of sp³-hybridized carbons (Fsp3) is 0.368. The van der Waals surface area contributed by atoms with E-state index in [2.05, 4.69) is 71.0 Å². The maximum absolute atomic E-state index is 6.39. The molecule has 0 heterocycles. The second kappa shape index (κ2) is 6.15. The highest BCUT2D eigenvalue weighted by atomic mass is 32.2. The Morgan fingerprint density at radius 2 is 1.67 bits per heavy atom. The van der Waals surface area contributed by atoms with Crippen LogP contribution in [-0.2, 0) is 11.2 Å². The molecular formula is C19H25NS. The van der Waals surface area contributed by atoms with E-state index in [1.165, 1.54) is 27.1 Å². The fourth-order valence-electron chi connectivity index (χ4n) is 2.97. The maximum Gasteiger partial charge on any atom is 0.0485 e. The molecule has 0 spiro atoms. The summed E-state index contributed by atoms with van der Waals surface area (Å²) in [4.78, 5) is 1.20. The van der Waals surface area contributed by atoms with Gasteiger partial charge in [-0.15, -0.1) is 11.8 Å². The minimum atomic E-state index is 0.130. The van der Waals surface area contributed by atoms with Crippen LogP contribution in [-0.4, -0.2) is 0 Å². The number of nitrogens with two attached hydrogens (primary N) is 1. The van der Waals surface area contributed by atoms with Crippen LogP contribution in [0, 0.1) is 13.8 Å². The van der Waals surface area contributed by atoms with Gasteiger partial charge in [-0.3, -0.25) is 0 Å². The van der Waals surface area contributed by atoms with Gasteiger partial charge < -0.3 is 5.73 Å². The van der Waals surface area contributed by atoms with Crippen molar-refractivity contribution in [2.75, 3.05) is 5.73 Å². The van der Waals surface area contributed by atoms with Gasteiger partial charge in [-0.2, -0.15) is 0 Å². The number of thioether (sulfide) groups is 1. The van der Waals surface area contributed by atoms with Crippen molar-refractivity contribution in [2.24, 2.45) is 0 Å². The summed E-state index contributed by atoms with van der Waals surface area (Å²) >= 11 is 1.82. The van der Waals surface area contributed by atoms with Crippen molar-refractivity contribution in [1.29, 1.82) is 0 Å². The van der Waals surface area contributed by atoms with E-state index in [4.69, 9.17) is 5.73 Å². The van der Waals surface area contributed by atoms with Crippen molar-refractivity contribution in [2.45, 2.75) is 50.7 Å². The quantitative estimate of drug-likeness (QED) is 0.600. The summed E-state index contributed by atoms with van der Waals surface area (Å²) in [5.41, 5.74) is 12.7. The van der Waals surface area contributed by atoms with Crippen LogP contribution in [0.5, 0.6) is 0 Å². The third-order valence-electron chi connectivity index (χ3n) is 3.77. The number of rotatable bonds is 3. The Labute approximate surface area is 133 Å². The Morgan fingerprint density at radius 1 is 1.05 bits per heavy atom. The van der Waals surface area contributed by atoms with E-state index in [1.54, 1.807) is 0 Å². The van der Waals surface area contributed by atoms with Crippen molar-refractivity contribution in [1.82, 2.24) is 0 Å². The van der Waals surface area contributed by atoms with Gasteiger partial charge in [-0.1, -0.05) is 51.1 Å². The molecule has 2 rings (SSSR count). The topological polar surface area (TPSA) is 26.0 Å². The lowest BCUT2D eigenvalue weighted by atomic mass is 9.81. The predicted octanol–water partition coefficient (Wildman–Crippen LogP) is 5.48. The van der Waals surface area contributed by atoms with Gasteiger partial charge in [0.15, 0.2) is 0 Å². The third-order valence-corrected chi connectivity index (χ3v) is 4.90. The number of hydrogen-bond acceptors (Lipinski definition) is 2. The van der Waals surface area contributed by atoms with Gasteiger partial charge in [-0.25, -0.2) is 0 Å². The standard InChI is InChI=1S/C19H25NS/c1-13-11-16(21-12-15-9-7-6-8-10-15)18(20)14(2)17(13)19(3,4)5/h6-11H,12,20H2,1-5H3. The van der Waals surface area contributed by atoms with E-state index in [1.807, 2.05) is 11.8 Å². The van der Waals surface area contributed by atoms with E-state index in [-0.39, 0.29) is 5.41 Å². The molecule has 0 radical (unpaired) electrons. The molecule has 0 aliphatic carbocycles. The van der Waals surface area contributed by atoms with Crippen LogP contribution in [0.25, 0.3) is 0 Å². The van der Waals surface area contributed by atoms with Crippen LogP contribution in [0.3, 0.4) is 0 Å². The molecule has 2 aromatic carbocycles. The van der Waals surface area contributed by atoms with Crippen LogP contribution < -0.4 is 5.73 Å². The third kappa shape index (κ3) is 3.62. The number of hydrogen-bond donors (Lipinski definition) is 1. The number of benzene rings is 2. The monoisotopic (exact) mass is 299 g/mol. The highest BCUT2D eigenvalue weighted by molar-refractivity contribution is 7.98. The second-order valence-electron chi connectivity index (χ2n) is 6.63. The van der Waals surface area contributed by atoms with Crippen molar-refractivity contribution >= 4 is 17.4 Å². The lowest BCUT2D eigenvalue weighted by Gasteiger charge is -2.26. The van der Waals surface area contributed by atoms with E-state index in [0.717, 1.165) is 11.4 Å². The van der Waals surface area contributed by atoms with Gasteiger partial charge in [0.25, 0.3) is 0 Å². The van der Waals surface area contributed by atoms with Gasteiger partial charge >= 0.3 is 0 Å². The average Bonchev–Trinajstić information content (AvgIpc) is 2.41. The summed E-state index contributed by atoms with van der Waals surface area (Å²) in [5, 5.41) is 0. The lowest BCUT2D eigenvalue weighted by Crippen LogP contribution is -2.16. The molecule has 2 N–H and O–H groups in total. The average molecular weight is 299 g/mol. The van der Waals surface area contributed by atoms with E-state index >= 15 is 0 Å². The van der Waals surface area contributed by atoms with Crippen LogP contribution in [0.15, 0.2) is 41.3 Å². The number of aryl methyl sites for hydroxylation is 1. The molecule has 0 saturated carbocycles. The van der Waals surface area contributed by atoms with Crippen molar-refractivity contribution in [3.8, 4) is 0 Å². The molecule has 112 valence electrons. The lowest BCUT2D eigenvalue weighted by molar-refractivity contribution is 0.581. The summed E-state index contributed by atoms with van der Waals surface area (Å²) in [7, 11) is 0. The minimum Gasteiger partial charge on any atom is -0.398 e. The smallest absolute Gasteiger partial charge is 0.0485 e. The zero-order valence-electron chi connectivity index (χ0n) is 13.7. The highest BCUT2D eigenvalue weighted by Gasteiger charge is 2.21. The zero-order chi connectivity index (χ0) is 15.6. The van der Waals surface area contributed by atoms with Gasteiger partial charge in [-0.05, 0) is 47.6 Å². The van der Waals surface area contributed by atoms with Crippen molar-refractivity contribution < 1.29 is 0 Å². The molecule has 21 heavy (non-hydrogen) atoms. The predicted molar refractivity (Wildman–Crippen MR) is 95.0 cm³/mol. The molecule has 0 aliphatic heterocycles. The zero-order valence-corrected chi connectivity index (χ0v) is 14.5. The van der Waals surface area contributed by atoms with Gasteiger partial charge in [0.05, 0.1) is 0 Å². The van der Waals surface area contributed by atoms with Gasteiger partial charge in [0.1, 0.15) is 0 Å². The maximum atomic E-state index is 6.39. The van der Waals surface area contributed by atoms with Crippen LogP contribution in [0.1, 0.15) is 43.0 Å². The molecule has 0 amide bonds. The first-order chi connectivity index (χ1) is 9.80. The van der Waals surface area contributed by atoms with E-state index in [0.29, 0.717) is 0 Å². The first kappa shape index (κ1) is 16.0. The molecular weight excluding hydrogens is 274 g/mol. The molecule has 0 bridgehead atoms. The van der Waals surface area contributed by atoms with E-state index < -0.39 is 0 Å². The number of anilines is 1. The second-order valence-corrected chi connectivity index (χ2v) is 7.65. The Balaban J connectivity index is 2.30. The minimum absolute atomic E-state index is 0.130. The SMILES string of the molecule is Cc1cc(SCc2ccccc2)c(N)c(C)c1C(C)(C)C. The first-order valence-corrected chi connectivity index (χ1v) is 8.36. The van der Waals surface area contributed by atoms with E-state index in [9.17, 15) is 0 Å². The summed E-state index contributed by atoms with van der Waals surface area (Å²) in [6, 6.07) is 12.8. The molecule has 1 nitrogen and oxygen atoms in total. The van der Waals surface area contributed by atoms with Crippen molar-refractivity contribution in [3.63, 3.8) is 0 Å².